The Balaban J connectivity index is 2.94. The van der Waals surface area contributed by atoms with E-state index in [1.54, 1.807) is 7.81 Å². The third kappa shape index (κ3) is 1.35. The van der Waals surface area contributed by atoms with Crippen molar-refractivity contribution in [1.29, 1.82) is 0 Å². The lowest BCUT2D eigenvalue weighted by Gasteiger charge is -1.94. The maximum atomic E-state index is 3.73. The molecule has 1 heterocycles. The molecule has 0 aromatic carbocycles. The standard InChI is InChI=1S/C3H7IN5/c1-3(2)8-6-5-7-9(8)4/h3H,1-2H3/q+1. The maximum absolute atomic E-state index is 3.73. The molecule has 50 valence electrons. The van der Waals surface area contributed by atoms with Crippen LogP contribution in [0.5, 0.6) is 0 Å². The highest BCUT2D eigenvalue weighted by Gasteiger charge is 2.11. The van der Waals surface area contributed by atoms with Crippen LogP contribution in [0.3, 0.4) is 0 Å². The van der Waals surface area contributed by atoms with Crippen LogP contribution < -0.4 is 3.01 Å². The Morgan fingerprint density at radius 3 is 2.44 bits per heavy atom. The quantitative estimate of drug-likeness (QED) is 0.635. The SMILES string of the molecule is CC(C)n1nnn[n+]1I. The third-order valence-corrected chi connectivity index (χ3v) is 1.51. The van der Waals surface area contributed by atoms with Gasteiger partial charge in [0.05, 0.1) is 6.04 Å². The molecule has 0 radical (unpaired) electrons. The van der Waals surface area contributed by atoms with Crippen LogP contribution in [-0.2, 0) is 0 Å². The van der Waals surface area contributed by atoms with Gasteiger partial charge >= 0.3 is 0 Å². The summed E-state index contributed by atoms with van der Waals surface area (Å²) in [5, 5.41) is 10.8. The molecule has 0 N–H and O–H groups in total. The van der Waals surface area contributed by atoms with Crippen molar-refractivity contribution in [2.24, 2.45) is 0 Å². The Morgan fingerprint density at radius 1 is 1.56 bits per heavy atom. The molecule has 1 aromatic heterocycles. The van der Waals surface area contributed by atoms with E-state index in [1.807, 2.05) is 36.7 Å². The molecular formula is C3H7IN5+. The Labute approximate surface area is 66.5 Å². The largest absolute Gasteiger partial charge is 0.232 e. The van der Waals surface area contributed by atoms with Crippen molar-refractivity contribution in [2.75, 3.05) is 0 Å². The maximum Gasteiger partial charge on any atom is 0.232 e. The Bertz CT molecular complexity index is 194. The summed E-state index contributed by atoms with van der Waals surface area (Å²) in [6.45, 7) is 4.04. The first-order valence-corrected chi connectivity index (χ1v) is 3.55. The molecule has 0 fully saturated rings. The second-order valence-corrected chi connectivity index (χ2v) is 2.79. The highest BCUT2D eigenvalue weighted by atomic mass is 127. The van der Waals surface area contributed by atoms with Crippen LogP contribution in [-0.4, -0.2) is 20.4 Å². The van der Waals surface area contributed by atoms with Crippen LogP contribution in [0.2, 0.25) is 0 Å². The summed E-state index contributed by atoms with van der Waals surface area (Å²) in [4.78, 5) is 1.68. The normalized spacial score (nSPS) is 10.7. The van der Waals surface area contributed by atoms with E-state index in [9.17, 15) is 0 Å². The first-order chi connectivity index (χ1) is 4.22. The zero-order valence-electron chi connectivity index (χ0n) is 5.19. The molecule has 0 amide bonds. The van der Waals surface area contributed by atoms with Gasteiger partial charge in [0.15, 0.2) is 0 Å². The molecule has 9 heavy (non-hydrogen) atoms. The number of hydrogen-bond acceptors (Lipinski definition) is 3. The van der Waals surface area contributed by atoms with E-state index in [4.69, 9.17) is 0 Å². The van der Waals surface area contributed by atoms with E-state index >= 15 is 0 Å². The first-order valence-electron chi connectivity index (χ1n) is 2.58. The Hall–Kier alpha value is -0.270. The zero-order chi connectivity index (χ0) is 6.85. The molecule has 0 atom stereocenters. The fraction of sp³-hybridized carbons (Fsp3) is 1.00. The van der Waals surface area contributed by atoms with Crippen LogP contribution in [0.15, 0.2) is 0 Å². The minimum absolute atomic E-state index is 0.317. The van der Waals surface area contributed by atoms with E-state index in [2.05, 4.69) is 15.6 Å². The summed E-state index contributed by atoms with van der Waals surface area (Å²) in [6, 6.07) is 0.317. The van der Waals surface area contributed by atoms with E-state index in [0.29, 0.717) is 6.04 Å². The topological polar surface area (TPSA) is 47.5 Å². The lowest BCUT2D eigenvalue weighted by molar-refractivity contribution is -0.618. The van der Waals surface area contributed by atoms with E-state index in [1.165, 1.54) is 0 Å². The minimum atomic E-state index is 0.317. The second kappa shape index (κ2) is 2.54. The summed E-state index contributed by atoms with van der Waals surface area (Å²) in [6.07, 6.45) is 0. The van der Waals surface area contributed by atoms with Crippen molar-refractivity contribution in [3.05, 3.63) is 0 Å². The van der Waals surface area contributed by atoms with Gasteiger partial charge < -0.3 is 0 Å². The highest BCUT2D eigenvalue weighted by Crippen LogP contribution is 1.93. The lowest BCUT2D eigenvalue weighted by Crippen LogP contribution is -2.36. The van der Waals surface area contributed by atoms with Crippen LogP contribution in [0.4, 0.5) is 0 Å². The molecule has 1 rings (SSSR count). The summed E-state index contributed by atoms with van der Waals surface area (Å²) in [7, 11) is 0. The molecule has 6 heteroatoms. The third-order valence-electron chi connectivity index (χ3n) is 0.876. The molecule has 5 nitrogen and oxygen atoms in total. The zero-order valence-corrected chi connectivity index (χ0v) is 7.35. The van der Waals surface area contributed by atoms with Crippen molar-refractivity contribution < 1.29 is 3.01 Å². The van der Waals surface area contributed by atoms with Crippen LogP contribution in [0.1, 0.15) is 19.9 Å². The average Bonchev–Trinajstić information content (AvgIpc) is 2.13. The molecule has 0 aliphatic heterocycles. The van der Waals surface area contributed by atoms with Crippen LogP contribution in [0.25, 0.3) is 0 Å². The van der Waals surface area contributed by atoms with Crippen molar-refractivity contribution >= 4 is 22.9 Å². The second-order valence-electron chi connectivity index (χ2n) is 1.92. The van der Waals surface area contributed by atoms with Gasteiger partial charge in [0.25, 0.3) is 0 Å². The van der Waals surface area contributed by atoms with Crippen LogP contribution in [0, 0.1) is 0 Å². The van der Waals surface area contributed by atoms with Gasteiger partial charge in [-0.3, -0.25) is 0 Å². The molecule has 0 bridgehead atoms. The summed E-state index contributed by atoms with van der Waals surface area (Å²) in [5.74, 6) is 0. The fourth-order valence-electron chi connectivity index (χ4n) is 0.460. The number of aromatic nitrogens is 5. The highest BCUT2D eigenvalue weighted by molar-refractivity contribution is 14.1. The van der Waals surface area contributed by atoms with Gasteiger partial charge in [-0.1, -0.05) is 0 Å². The average molecular weight is 240 g/mol. The molecule has 0 saturated carbocycles. The monoisotopic (exact) mass is 240 g/mol. The predicted molar refractivity (Wildman–Crippen MR) is 37.8 cm³/mol. The molecular weight excluding hydrogens is 233 g/mol. The van der Waals surface area contributed by atoms with Gasteiger partial charge in [0.1, 0.15) is 5.21 Å². The summed E-state index contributed by atoms with van der Waals surface area (Å²) in [5.41, 5.74) is 0. The predicted octanol–water partition coefficient (Wildman–Crippen LogP) is -0.260. The van der Waals surface area contributed by atoms with Crippen molar-refractivity contribution in [2.45, 2.75) is 19.9 Å². The number of hydrogen-bond donors (Lipinski definition) is 0. The molecule has 0 aliphatic carbocycles. The van der Waals surface area contributed by atoms with Crippen molar-refractivity contribution in [3.63, 3.8) is 0 Å². The Morgan fingerprint density at radius 2 is 2.22 bits per heavy atom. The van der Waals surface area contributed by atoms with Crippen LogP contribution >= 0.6 is 22.9 Å². The Kier molecular flexibility index (Phi) is 1.94. The molecule has 0 aliphatic rings. The smallest absolute Gasteiger partial charge is 0.0383 e. The number of nitrogens with zero attached hydrogens (tertiary/aromatic N) is 5. The van der Waals surface area contributed by atoms with E-state index < -0.39 is 0 Å². The van der Waals surface area contributed by atoms with Crippen molar-refractivity contribution in [3.8, 4) is 0 Å². The fourth-order valence-corrected chi connectivity index (χ4v) is 1.13. The molecule has 0 unspecified atom stereocenters. The lowest BCUT2D eigenvalue weighted by atomic mass is 10.4. The van der Waals surface area contributed by atoms with Gasteiger partial charge in [-0.2, -0.15) is 0 Å². The minimum Gasteiger partial charge on any atom is -0.0383 e. The summed E-state index contributed by atoms with van der Waals surface area (Å²) < 4.78 is 1.57. The number of rotatable bonds is 1. The van der Waals surface area contributed by atoms with E-state index in [-0.39, 0.29) is 0 Å². The van der Waals surface area contributed by atoms with Gasteiger partial charge in [-0.25, -0.2) is 0 Å². The van der Waals surface area contributed by atoms with Crippen molar-refractivity contribution in [1.82, 2.24) is 20.4 Å². The molecule has 0 spiro atoms. The first kappa shape index (κ1) is 6.84. The summed E-state index contributed by atoms with van der Waals surface area (Å²) >= 11 is 2.01. The van der Waals surface area contributed by atoms with Gasteiger partial charge in [-0.05, 0) is 21.7 Å². The van der Waals surface area contributed by atoms with Gasteiger partial charge in [0.2, 0.25) is 33.3 Å². The van der Waals surface area contributed by atoms with Gasteiger partial charge in [-0.15, -0.1) is 0 Å². The number of halogens is 1. The van der Waals surface area contributed by atoms with E-state index in [0.717, 1.165) is 0 Å². The van der Waals surface area contributed by atoms with Gasteiger partial charge in [0, 0.05) is 0 Å². The molecule has 0 saturated heterocycles. The molecule has 1 aromatic rings.